The fourth-order valence-electron chi connectivity index (χ4n) is 0.285. The van der Waals surface area contributed by atoms with Crippen molar-refractivity contribution in [3.63, 3.8) is 0 Å². The smallest absolute Gasteiger partial charge is 0.244 e. The van der Waals surface area contributed by atoms with E-state index in [2.05, 4.69) is 29.5 Å². The van der Waals surface area contributed by atoms with Gasteiger partial charge in [0.25, 0.3) is 0 Å². The highest BCUT2D eigenvalue weighted by Crippen LogP contribution is 2.02. The van der Waals surface area contributed by atoms with E-state index >= 15 is 0 Å². The Kier molecular flexibility index (Phi) is 5.73. The van der Waals surface area contributed by atoms with Crippen LogP contribution in [0.3, 0.4) is 0 Å². The lowest BCUT2D eigenvalue weighted by Gasteiger charge is -2.05. The van der Waals surface area contributed by atoms with Crippen molar-refractivity contribution >= 4 is 31.2 Å². The van der Waals surface area contributed by atoms with E-state index in [9.17, 15) is 4.57 Å². The van der Waals surface area contributed by atoms with Crippen LogP contribution in [-0.4, -0.2) is 12.2 Å². The molecular formula is C3H8NO2PS2. The van der Waals surface area contributed by atoms with Crippen molar-refractivity contribution in [3.8, 4) is 0 Å². The first-order chi connectivity index (χ1) is 4.16. The van der Waals surface area contributed by atoms with Crippen molar-refractivity contribution < 1.29 is 9.30 Å². The quantitative estimate of drug-likeness (QED) is 0.390. The number of hydrogen-bond acceptors (Lipinski definition) is 4. The summed E-state index contributed by atoms with van der Waals surface area (Å²) < 4.78 is 15.1. The van der Waals surface area contributed by atoms with Crippen molar-refractivity contribution in [1.82, 2.24) is 5.09 Å². The minimum Gasteiger partial charge on any atom is -0.354 e. The Balaban J connectivity index is 3.37. The van der Waals surface area contributed by atoms with Crippen molar-refractivity contribution in [2.45, 2.75) is 12.5 Å². The number of hydrogen-bond donors (Lipinski definition) is 2. The Morgan fingerprint density at radius 1 is 2.00 bits per heavy atom. The summed E-state index contributed by atoms with van der Waals surface area (Å²) in [4.78, 5) is 0. The first-order valence-corrected chi connectivity index (χ1v) is 5.16. The molecule has 54 valence electrons. The minimum absolute atomic E-state index is 0.504. The summed E-state index contributed by atoms with van der Waals surface area (Å²) in [6, 6.07) is 0. The van der Waals surface area contributed by atoms with E-state index in [0.29, 0.717) is 6.61 Å². The molecule has 0 aliphatic rings. The van der Waals surface area contributed by atoms with Crippen LogP contribution < -0.4 is 5.09 Å². The number of nitrogens with one attached hydrogen (secondary N) is 1. The van der Waals surface area contributed by atoms with Crippen LogP contribution in [0.5, 0.6) is 0 Å². The molecule has 2 unspecified atom stereocenters. The molecule has 0 fully saturated rings. The maximum absolute atomic E-state index is 10.3. The van der Waals surface area contributed by atoms with Gasteiger partial charge in [-0.2, -0.15) is 5.09 Å². The molecule has 0 aliphatic carbocycles. The average molecular weight is 185 g/mol. The third-order valence-electron chi connectivity index (χ3n) is 0.540. The van der Waals surface area contributed by atoms with Crippen molar-refractivity contribution in [1.29, 1.82) is 0 Å². The van der Waals surface area contributed by atoms with Crippen molar-refractivity contribution in [2.75, 3.05) is 6.61 Å². The molecule has 3 nitrogen and oxygen atoms in total. The molecule has 0 rings (SSSR count). The first-order valence-electron chi connectivity index (χ1n) is 2.37. The van der Waals surface area contributed by atoms with Gasteiger partial charge in [0.05, 0.1) is 0 Å². The minimum atomic E-state index is -1.77. The standard InChI is InChI=1S/C3H8NO2PS2/c1-2-6-3(8)4-7(5)9/h3,8H,2H2,1H3,(H,4,5,9). The second kappa shape index (κ2) is 5.38. The van der Waals surface area contributed by atoms with Gasteiger partial charge in [-0.25, -0.2) is 0 Å². The lowest BCUT2D eigenvalue weighted by atomic mass is 10.9. The van der Waals surface area contributed by atoms with E-state index < -0.39 is 12.3 Å². The third kappa shape index (κ3) is 6.48. The molecule has 0 heterocycles. The van der Waals surface area contributed by atoms with E-state index in [4.69, 9.17) is 4.74 Å². The van der Waals surface area contributed by atoms with Gasteiger partial charge in [0, 0.05) is 6.61 Å². The maximum Gasteiger partial charge on any atom is 0.244 e. The second-order valence-corrected chi connectivity index (χ2v) is 3.43. The van der Waals surface area contributed by atoms with Gasteiger partial charge in [-0.05, 0) is 18.7 Å². The van der Waals surface area contributed by atoms with Crippen LogP contribution in [-0.2, 0) is 21.1 Å². The number of rotatable bonds is 4. The second-order valence-electron chi connectivity index (χ2n) is 1.19. The van der Waals surface area contributed by atoms with E-state index in [-0.39, 0.29) is 0 Å². The predicted molar refractivity (Wildman–Crippen MR) is 42.5 cm³/mol. The fourth-order valence-corrected chi connectivity index (χ4v) is 1.53. The number of ether oxygens (including phenoxy) is 1. The monoisotopic (exact) mass is 185 g/mol. The Labute approximate surface area is 65.1 Å². The van der Waals surface area contributed by atoms with Gasteiger partial charge in [0.15, 0.2) is 5.56 Å². The largest absolute Gasteiger partial charge is 0.354 e. The molecule has 9 heavy (non-hydrogen) atoms. The molecule has 0 aliphatic heterocycles. The summed E-state index contributed by atoms with van der Waals surface area (Å²) in [6.45, 7) is 0.579. The normalized spacial score (nSPS) is 15.1. The van der Waals surface area contributed by atoms with Gasteiger partial charge in [0.1, 0.15) is 0 Å². The Morgan fingerprint density at radius 2 is 2.56 bits per heavy atom. The summed E-state index contributed by atoms with van der Waals surface area (Å²) in [7, 11) is 0. The van der Waals surface area contributed by atoms with Gasteiger partial charge in [0.2, 0.25) is 6.73 Å². The van der Waals surface area contributed by atoms with E-state index in [1.807, 2.05) is 6.92 Å². The highest BCUT2D eigenvalue weighted by atomic mass is 32.4. The third-order valence-corrected chi connectivity index (χ3v) is 1.78. The Hall–Kier alpha value is 0.590. The number of thiol groups is 1. The summed E-state index contributed by atoms with van der Waals surface area (Å²) >= 11 is 8.20. The highest BCUT2D eigenvalue weighted by molar-refractivity contribution is 7.98. The zero-order valence-corrected chi connectivity index (χ0v) is 7.51. The Morgan fingerprint density at radius 3 is 2.89 bits per heavy atom. The molecule has 6 heteroatoms. The molecule has 2 atom stereocenters. The zero-order valence-electron chi connectivity index (χ0n) is 4.90. The Bertz CT molecular complexity index is 130. The lowest BCUT2D eigenvalue weighted by Crippen LogP contribution is -2.17. The highest BCUT2D eigenvalue weighted by Gasteiger charge is 1.98. The van der Waals surface area contributed by atoms with Gasteiger partial charge in [-0.15, -0.1) is 12.6 Å². The topological polar surface area (TPSA) is 38.3 Å². The molecule has 0 radical (unpaired) electrons. The van der Waals surface area contributed by atoms with E-state index in [1.54, 1.807) is 0 Å². The molecule has 0 amide bonds. The molecule has 0 bridgehead atoms. The summed E-state index contributed by atoms with van der Waals surface area (Å²) in [5, 5.41) is 2.41. The van der Waals surface area contributed by atoms with Gasteiger partial charge in [-0.1, -0.05) is 0 Å². The maximum atomic E-state index is 10.3. The molecule has 1 N–H and O–H groups in total. The van der Waals surface area contributed by atoms with Crippen LogP contribution >= 0.6 is 19.4 Å². The molecule has 0 aromatic carbocycles. The SMILES string of the molecule is CCOC(S)NP(=O)=S. The summed E-state index contributed by atoms with van der Waals surface area (Å²) in [6.07, 6.45) is 0. The van der Waals surface area contributed by atoms with Gasteiger partial charge in [-0.3, -0.25) is 4.57 Å². The van der Waals surface area contributed by atoms with Gasteiger partial charge < -0.3 is 4.74 Å². The van der Waals surface area contributed by atoms with Crippen molar-refractivity contribution in [2.24, 2.45) is 0 Å². The fraction of sp³-hybridized carbons (Fsp3) is 1.00. The van der Waals surface area contributed by atoms with Crippen molar-refractivity contribution in [3.05, 3.63) is 0 Å². The molecule has 0 aromatic rings. The van der Waals surface area contributed by atoms with Crippen LogP contribution in [0.15, 0.2) is 0 Å². The van der Waals surface area contributed by atoms with Gasteiger partial charge >= 0.3 is 0 Å². The van der Waals surface area contributed by atoms with E-state index in [0.717, 1.165) is 0 Å². The zero-order chi connectivity index (χ0) is 7.28. The molecule has 0 saturated carbocycles. The van der Waals surface area contributed by atoms with Crippen LogP contribution in [0, 0.1) is 0 Å². The van der Waals surface area contributed by atoms with Crippen LogP contribution in [0.25, 0.3) is 0 Å². The van der Waals surface area contributed by atoms with Crippen LogP contribution in [0.2, 0.25) is 0 Å². The van der Waals surface area contributed by atoms with E-state index in [1.165, 1.54) is 0 Å². The average Bonchev–Trinajstić information content (AvgIpc) is 1.63. The lowest BCUT2D eigenvalue weighted by molar-refractivity contribution is 0.120. The molecular weight excluding hydrogens is 177 g/mol. The summed E-state index contributed by atoms with van der Waals surface area (Å²) in [5.74, 6) is 0. The molecule has 0 spiro atoms. The molecule has 0 saturated heterocycles. The predicted octanol–water partition coefficient (Wildman–Crippen LogP) is 1.03. The van der Waals surface area contributed by atoms with Crippen LogP contribution in [0.1, 0.15) is 6.92 Å². The first kappa shape index (κ1) is 9.59. The summed E-state index contributed by atoms with van der Waals surface area (Å²) in [5.41, 5.74) is -0.504. The molecule has 0 aromatic heterocycles. The van der Waals surface area contributed by atoms with Crippen LogP contribution in [0.4, 0.5) is 0 Å².